The Morgan fingerprint density at radius 3 is 2.67 bits per heavy atom. The van der Waals surface area contributed by atoms with Gasteiger partial charge in [0.05, 0.1) is 35.6 Å². The summed E-state index contributed by atoms with van der Waals surface area (Å²) < 4.78 is 13.9. The van der Waals surface area contributed by atoms with Crippen LogP contribution in [0.1, 0.15) is 37.7 Å². The summed E-state index contributed by atoms with van der Waals surface area (Å²) in [4.78, 5) is 22.1. The molecule has 1 aliphatic heterocycles. The first kappa shape index (κ1) is 24.7. The number of nitrogens with one attached hydrogen (secondary N) is 4. The molecular weight excluding hydrogens is 457 g/mol. The molecule has 184 valence electrons. The van der Waals surface area contributed by atoms with E-state index < -0.39 is 0 Å². The highest BCUT2D eigenvalue weighted by atomic mass is 19.1. The highest BCUT2D eigenvalue weighted by molar-refractivity contribution is 6.13. The van der Waals surface area contributed by atoms with E-state index in [-0.39, 0.29) is 17.3 Å². The van der Waals surface area contributed by atoms with Crippen LogP contribution in [0, 0.1) is 16.6 Å². The predicted molar refractivity (Wildman–Crippen MR) is 140 cm³/mol. The first-order valence-electron chi connectivity index (χ1n) is 11.9. The molecule has 0 spiro atoms. The minimum absolute atomic E-state index is 0.152. The number of nitrogens with zero attached hydrogens (tertiary/aromatic N) is 3. The Morgan fingerprint density at radius 2 is 1.97 bits per heavy atom. The Hall–Kier alpha value is -4.40. The number of halogens is 1. The first-order valence-corrected chi connectivity index (χ1v) is 11.9. The molecule has 0 bridgehead atoms. The van der Waals surface area contributed by atoms with Gasteiger partial charge in [-0.25, -0.2) is 9.37 Å². The van der Waals surface area contributed by atoms with Crippen LogP contribution >= 0.6 is 0 Å². The quantitative estimate of drug-likeness (QED) is 0.215. The van der Waals surface area contributed by atoms with Crippen molar-refractivity contribution in [3.8, 4) is 22.6 Å². The second-order valence-corrected chi connectivity index (χ2v) is 8.09. The van der Waals surface area contributed by atoms with Crippen LogP contribution < -0.4 is 0 Å². The van der Waals surface area contributed by atoms with Crippen LogP contribution in [0.25, 0.3) is 33.5 Å². The molecule has 0 radical (unpaired) electrons. The third kappa shape index (κ3) is 4.47. The molecule has 0 aliphatic carbocycles. The van der Waals surface area contributed by atoms with Crippen LogP contribution in [0.4, 0.5) is 4.39 Å². The number of hydrogen-bond acceptors (Lipinski definition) is 5. The molecule has 0 saturated carbocycles. The van der Waals surface area contributed by atoms with E-state index in [2.05, 4.69) is 20.2 Å². The second kappa shape index (κ2) is 10.5. The number of hydrogen-bond donors (Lipinski definition) is 4. The number of carbonyl (C=O) groups is 1. The summed E-state index contributed by atoms with van der Waals surface area (Å²) in [6.45, 7) is 6.71. The Balaban J connectivity index is 0.00000148. The fourth-order valence-electron chi connectivity index (χ4n) is 4.34. The average molecular weight is 486 g/mol. The van der Waals surface area contributed by atoms with Crippen molar-refractivity contribution < 1.29 is 9.18 Å². The molecule has 0 unspecified atom stereocenters. The number of allylic oxidation sites excluding steroid dienone is 1. The van der Waals surface area contributed by atoms with Crippen molar-refractivity contribution in [1.29, 1.82) is 10.8 Å². The van der Waals surface area contributed by atoms with Crippen molar-refractivity contribution in [2.24, 2.45) is 0 Å². The number of benzene rings is 2. The maximum atomic E-state index is 13.9. The zero-order valence-corrected chi connectivity index (χ0v) is 20.4. The molecule has 8 nitrogen and oxygen atoms in total. The zero-order valence-electron chi connectivity index (χ0n) is 20.4. The van der Waals surface area contributed by atoms with Gasteiger partial charge in [-0.05, 0) is 53.5 Å². The molecule has 1 aliphatic rings. The third-order valence-electron chi connectivity index (χ3n) is 6.06. The lowest BCUT2D eigenvalue weighted by atomic mass is 9.97. The highest BCUT2D eigenvalue weighted by Gasteiger charge is 2.29. The van der Waals surface area contributed by atoms with Gasteiger partial charge in [-0.2, -0.15) is 5.10 Å². The minimum atomic E-state index is -0.312. The summed E-state index contributed by atoms with van der Waals surface area (Å²) >= 11 is 0. The van der Waals surface area contributed by atoms with Gasteiger partial charge in [0, 0.05) is 17.8 Å². The summed E-state index contributed by atoms with van der Waals surface area (Å²) in [6, 6.07) is 10.7. The number of rotatable bonds is 6. The van der Waals surface area contributed by atoms with E-state index in [0.717, 1.165) is 57.8 Å². The number of amides is 1. The van der Waals surface area contributed by atoms with Gasteiger partial charge in [0.2, 0.25) is 0 Å². The standard InChI is InChI=1S/C25H22FN7O.C2H6/c1-2-14-3-5-17(26)10-19(14)15-4-6-18-20(9-15)31-32-23(18)24-29-21-12-33(13-22(21)30-24)25(34)16(11-28)7-8-27;1-2/h3-11,27-28H,2,12-13H2,1H3,(H,29,30)(H,31,32);1-2H3/b16-7+,27-8?,28-11?;. The SMILES string of the molecule is CC.CCc1ccc(F)cc1-c1ccc2c(-c3nc4c([nH]3)CN(C(=O)/C(C=N)=C/C=N)C4)n[nH]c2c1. The number of imidazole rings is 1. The molecule has 9 heteroatoms. The monoisotopic (exact) mass is 485 g/mol. The molecule has 4 N–H and O–H groups in total. The smallest absolute Gasteiger partial charge is 0.256 e. The molecule has 2 aromatic carbocycles. The summed E-state index contributed by atoms with van der Waals surface area (Å²) in [7, 11) is 0. The normalized spacial score (nSPS) is 12.8. The zero-order chi connectivity index (χ0) is 25.8. The van der Waals surface area contributed by atoms with E-state index in [9.17, 15) is 9.18 Å². The third-order valence-corrected chi connectivity index (χ3v) is 6.06. The number of aromatic amines is 2. The molecule has 0 saturated heterocycles. The van der Waals surface area contributed by atoms with Crippen LogP contribution in [-0.4, -0.2) is 43.4 Å². The lowest BCUT2D eigenvalue weighted by Crippen LogP contribution is -2.27. The lowest BCUT2D eigenvalue weighted by Gasteiger charge is -2.15. The van der Waals surface area contributed by atoms with E-state index in [1.807, 2.05) is 45.0 Å². The van der Waals surface area contributed by atoms with Crippen LogP contribution in [0.2, 0.25) is 0 Å². The molecule has 2 aromatic heterocycles. The molecule has 0 fully saturated rings. The van der Waals surface area contributed by atoms with E-state index in [0.29, 0.717) is 24.6 Å². The van der Waals surface area contributed by atoms with Crippen molar-refractivity contribution in [2.45, 2.75) is 40.3 Å². The largest absolute Gasteiger partial charge is 0.339 e. The molecular formula is C27H28FN7O. The van der Waals surface area contributed by atoms with Crippen LogP contribution in [0.5, 0.6) is 0 Å². The van der Waals surface area contributed by atoms with E-state index in [4.69, 9.17) is 10.8 Å². The number of aryl methyl sites for hydroxylation is 1. The number of aromatic nitrogens is 4. The number of fused-ring (bicyclic) bond motifs is 2. The Bertz CT molecular complexity index is 1460. The second-order valence-electron chi connectivity index (χ2n) is 8.09. The van der Waals surface area contributed by atoms with Gasteiger partial charge in [0.1, 0.15) is 11.5 Å². The molecule has 1 amide bonds. The van der Waals surface area contributed by atoms with Crippen LogP contribution in [0.15, 0.2) is 48.0 Å². The molecule has 0 atom stereocenters. The highest BCUT2D eigenvalue weighted by Crippen LogP contribution is 2.32. The van der Waals surface area contributed by atoms with E-state index in [1.54, 1.807) is 11.0 Å². The summed E-state index contributed by atoms with van der Waals surface area (Å²) in [6.07, 6.45) is 4.06. The molecule has 4 aromatic rings. The predicted octanol–water partition coefficient (Wildman–Crippen LogP) is 5.42. The Labute approximate surface area is 208 Å². The van der Waals surface area contributed by atoms with Gasteiger partial charge >= 0.3 is 0 Å². The Morgan fingerprint density at radius 1 is 1.17 bits per heavy atom. The maximum Gasteiger partial charge on any atom is 0.256 e. The van der Waals surface area contributed by atoms with Crippen molar-refractivity contribution in [2.75, 3.05) is 0 Å². The number of H-pyrrole nitrogens is 2. The van der Waals surface area contributed by atoms with Crippen molar-refractivity contribution in [3.05, 3.63) is 70.8 Å². The summed E-state index contributed by atoms with van der Waals surface area (Å²) in [5.41, 5.74) is 6.07. The van der Waals surface area contributed by atoms with Crippen molar-refractivity contribution in [1.82, 2.24) is 25.1 Å². The van der Waals surface area contributed by atoms with Gasteiger partial charge in [0.25, 0.3) is 5.91 Å². The van der Waals surface area contributed by atoms with Gasteiger partial charge < -0.3 is 20.7 Å². The lowest BCUT2D eigenvalue weighted by molar-refractivity contribution is -0.127. The maximum absolute atomic E-state index is 13.9. The topological polar surface area (TPSA) is 125 Å². The van der Waals surface area contributed by atoms with Crippen molar-refractivity contribution >= 4 is 29.2 Å². The van der Waals surface area contributed by atoms with Crippen LogP contribution in [0.3, 0.4) is 0 Å². The van der Waals surface area contributed by atoms with Crippen molar-refractivity contribution in [3.63, 3.8) is 0 Å². The summed E-state index contributed by atoms with van der Waals surface area (Å²) in [5, 5.41) is 22.9. The van der Waals surface area contributed by atoms with E-state index in [1.165, 1.54) is 12.1 Å². The minimum Gasteiger partial charge on any atom is -0.339 e. The van der Waals surface area contributed by atoms with Gasteiger partial charge in [-0.1, -0.05) is 32.9 Å². The van der Waals surface area contributed by atoms with Crippen LogP contribution in [-0.2, 0) is 24.3 Å². The Kier molecular flexibility index (Phi) is 7.19. The number of carbonyl (C=O) groups excluding carboxylic acids is 1. The summed E-state index contributed by atoms with van der Waals surface area (Å²) in [5.74, 6) is 0.0303. The molecule has 36 heavy (non-hydrogen) atoms. The average Bonchev–Trinajstić information content (AvgIpc) is 3.60. The van der Waals surface area contributed by atoms with E-state index >= 15 is 0 Å². The van der Waals surface area contributed by atoms with Gasteiger partial charge in [-0.3, -0.25) is 9.89 Å². The van der Waals surface area contributed by atoms with Gasteiger partial charge in [-0.15, -0.1) is 0 Å². The fourth-order valence-corrected chi connectivity index (χ4v) is 4.34. The molecule has 5 rings (SSSR count). The van der Waals surface area contributed by atoms with Gasteiger partial charge in [0.15, 0.2) is 5.82 Å². The molecule has 3 heterocycles. The fraction of sp³-hybridized carbons (Fsp3) is 0.222. The first-order chi connectivity index (χ1) is 17.5.